The lowest BCUT2D eigenvalue weighted by molar-refractivity contribution is 0.0601. The molecule has 0 bridgehead atoms. The minimum Gasteiger partial charge on any atom is -0.465 e. The Morgan fingerprint density at radius 1 is 1.06 bits per heavy atom. The van der Waals surface area contributed by atoms with Gasteiger partial charge in [-0.15, -0.1) is 11.3 Å². The Bertz CT molecular complexity index is 1150. The van der Waals surface area contributed by atoms with Gasteiger partial charge in [-0.3, -0.25) is 4.79 Å². The van der Waals surface area contributed by atoms with Gasteiger partial charge in [-0.1, -0.05) is 12.5 Å². The van der Waals surface area contributed by atoms with Crippen molar-refractivity contribution in [1.82, 2.24) is 4.31 Å². The average molecular weight is 477 g/mol. The quantitative estimate of drug-likeness (QED) is 0.655. The van der Waals surface area contributed by atoms with E-state index in [-0.39, 0.29) is 10.5 Å². The Morgan fingerprint density at radius 2 is 1.78 bits per heavy atom. The monoisotopic (exact) mass is 476 g/mol. The van der Waals surface area contributed by atoms with Crippen molar-refractivity contribution in [2.75, 3.05) is 25.5 Å². The summed E-state index contributed by atoms with van der Waals surface area (Å²) in [5.74, 6) is -0.889. The number of carbonyl (C=O) groups is 2. The van der Waals surface area contributed by atoms with Gasteiger partial charge in [0.15, 0.2) is 0 Å². The summed E-state index contributed by atoms with van der Waals surface area (Å²) >= 11 is 1.41. The average Bonchev–Trinajstić information content (AvgIpc) is 3.17. The van der Waals surface area contributed by atoms with E-state index >= 15 is 0 Å². The second-order valence-electron chi connectivity index (χ2n) is 8.30. The molecular formula is C23H28N2O5S2. The summed E-state index contributed by atoms with van der Waals surface area (Å²) < 4.78 is 32.6. The van der Waals surface area contributed by atoms with Gasteiger partial charge in [-0.2, -0.15) is 4.31 Å². The maximum Gasteiger partial charge on any atom is 0.341 e. The van der Waals surface area contributed by atoms with Gasteiger partial charge in [0.05, 0.1) is 17.6 Å². The molecule has 1 saturated heterocycles. The molecule has 1 aromatic heterocycles. The highest BCUT2D eigenvalue weighted by molar-refractivity contribution is 7.89. The molecule has 1 fully saturated rings. The minimum absolute atomic E-state index is 0.119. The molecule has 9 heteroatoms. The van der Waals surface area contributed by atoms with Crippen LogP contribution in [0.5, 0.6) is 0 Å². The van der Waals surface area contributed by atoms with Gasteiger partial charge in [0, 0.05) is 23.5 Å². The molecule has 1 amide bonds. The van der Waals surface area contributed by atoms with Crippen LogP contribution in [0.25, 0.3) is 0 Å². The lowest BCUT2D eigenvalue weighted by Gasteiger charge is -2.26. The van der Waals surface area contributed by atoms with Crippen molar-refractivity contribution in [1.29, 1.82) is 0 Å². The number of rotatable bonds is 5. The Labute approximate surface area is 192 Å². The van der Waals surface area contributed by atoms with Gasteiger partial charge < -0.3 is 10.1 Å². The number of thiophene rings is 1. The number of fused-ring (bicyclic) bond motifs is 1. The molecule has 2 aliphatic rings. The number of hydrogen-bond acceptors (Lipinski definition) is 6. The summed E-state index contributed by atoms with van der Waals surface area (Å²) in [5.41, 5.74) is 2.34. The molecule has 32 heavy (non-hydrogen) atoms. The molecule has 0 unspecified atom stereocenters. The maximum atomic E-state index is 13.2. The van der Waals surface area contributed by atoms with Crippen LogP contribution in [0.3, 0.4) is 0 Å². The number of aryl methyl sites for hydroxylation is 2. The zero-order valence-corrected chi connectivity index (χ0v) is 20.0. The number of methoxy groups -OCH3 is 1. The van der Waals surface area contributed by atoms with Crippen LogP contribution in [0.1, 0.15) is 68.8 Å². The summed E-state index contributed by atoms with van der Waals surface area (Å²) in [7, 11) is -2.32. The molecule has 1 aliphatic carbocycles. The fourth-order valence-electron chi connectivity index (χ4n) is 4.40. The van der Waals surface area contributed by atoms with Gasteiger partial charge in [-0.05, 0) is 68.7 Å². The number of amides is 1. The highest BCUT2D eigenvalue weighted by Crippen LogP contribution is 2.39. The highest BCUT2D eigenvalue weighted by Gasteiger charge is 2.29. The molecule has 0 radical (unpaired) electrons. The largest absolute Gasteiger partial charge is 0.465 e. The summed E-state index contributed by atoms with van der Waals surface area (Å²) in [6, 6.07) is 4.66. The summed E-state index contributed by atoms with van der Waals surface area (Å²) in [6.45, 7) is 2.77. The van der Waals surface area contributed by atoms with Crippen LogP contribution in [-0.4, -0.2) is 44.8 Å². The van der Waals surface area contributed by atoms with Crippen LogP contribution in [0, 0.1) is 6.92 Å². The molecule has 1 N–H and O–H groups in total. The smallest absolute Gasteiger partial charge is 0.341 e. The first-order chi connectivity index (χ1) is 15.3. The number of nitrogens with one attached hydrogen (secondary N) is 1. The second kappa shape index (κ2) is 9.33. The van der Waals surface area contributed by atoms with Crippen LogP contribution in [0.4, 0.5) is 5.00 Å². The zero-order chi connectivity index (χ0) is 22.9. The van der Waals surface area contributed by atoms with Crippen LogP contribution in [-0.2, 0) is 27.6 Å². The molecule has 1 aliphatic heterocycles. The molecule has 7 nitrogen and oxygen atoms in total. The minimum atomic E-state index is -3.65. The van der Waals surface area contributed by atoms with E-state index in [9.17, 15) is 18.0 Å². The molecule has 0 saturated carbocycles. The molecule has 2 heterocycles. The lowest BCUT2D eigenvalue weighted by atomic mass is 9.95. The van der Waals surface area contributed by atoms with E-state index in [1.807, 2.05) is 0 Å². The van der Waals surface area contributed by atoms with Crippen LogP contribution >= 0.6 is 11.3 Å². The summed E-state index contributed by atoms with van der Waals surface area (Å²) in [5, 5.41) is 3.34. The Morgan fingerprint density at radius 3 is 2.50 bits per heavy atom. The lowest BCUT2D eigenvalue weighted by Crippen LogP contribution is -2.35. The van der Waals surface area contributed by atoms with Gasteiger partial charge in [-0.25, -0.2) is 13.2 Å². The number of benzene rings is 1. The number of piperidine rings is 1. The topological polar surface area (TPSA) is 92.8 Å². The van der Waals surface area contributed by atoms with Crippen LogP contribution in [0.2, 0.25) is 0 Å². The maximum absolute atomic E-state index is 13.2. The van der Waals surface area contributed by atoms with E-state index in [2.05, 4.69) is 5.32 Å². The molecule has 172 valence electrons. The molecule has 2 aromatic rings. The van der Waals surface area contributed by atoms with E-state index in [1.54, 1.807) is 19.1 Å². The van der Waals surface area contributed by atoms with Crippen molar-refractivity contribution in [2.24, 2.45) is 0 Å². The van der Waals surface area contributed by atoms with Gasteiger partial charge in [0.1, 0.15) is 5.00 Å². The number of nitrogens with zero attached hydrogens (tertiary/aromatic N) is 1. The third-order valence-electron chi connectivity index (χ3n) is 6.19. The van der Waals surface area contributed by atoms with Crippen molar-refractivity contribution in [3.05, 3.63) is 45.3 Å². The number of hydrogen-bond donors (Lipinski definition) is 1. The highest BCUT2D eigenvalue weighted by atomic mass is 32.2. The van der Waals surface area contributed by atoms with Crippen molar-refractivity contribution in [2.45, 2.75) is 56.8 Å². The Hall–Kier alpha value is -2.23. The van der Waals surface area contributed by atoms with Crippen molar-refractivity contribution < 1.29 is 22.7 Å². The summed E-state index contributed by atoms with van der Waals surface area (Å²) in [4.78, 5) is 26.9. The first kappa shape index (κ1) is 22.9. The molecule has 4 rings (SSSR count). The fourth-order valence-corrected chi connectivity index (χ4v) is 7.22. The van der Waals surface area contributed by atoms with Gasteiger partial charge >= 0.3 is 5.97 Å². The predicted octanol–water partition coefficient (Wildman–Crippen LogP) is 4.15. The van der Waals surface area contributed by atoms with Crippen molar-refractivity contribution in [3.63, 3.8) is 0 Å². The van der Waals surface area contributed by atoms with E-state index in [0.29, 0.717) is 29.2 Å². The zero-order valence-electron chi connectivity index (χ0n) is 18.4. The first-order valence-electron chi connectivity index (χ1n) is 11.0. The standard InChI is InChI=1S/C23H28N2O5S2/c1-15-10-11-16(32(28,29)25-12-6-3-7-13-25)14-18(15)21(26)24-22-20(23(27)30-2)17-8-4-5-9-19(17)31-22/h10-11,14H,3-9,12-13H2,1-2H3,(H,24,26). The molecule has 0 atom stereocenters. The normalized spacial score (nSPS) is 16.9. The van der Waals surface area contributed by atoms with E-state index in [1.165, 1.54) is 28.8 Å². The second-order valence-corrected chi connectivity index (χ2v) is 11.3. The third-order valence-corrected chi connectivity index (χ3v) is 9.30. The van der Waals surface area contributed by atoms with Crippen molar-refractivity contribution >= 4 is 38.2 Å². The van der Waals surface area contributed by atoms with Gasteiger partial charge in [0.25, 0.3) is 5.91 Å². The van der Waals surface area contributed by atoms with E-state index in [4.69, 9.17) is 4.74 Å². The number of ether oxygens (including phenoxy) is 1. The van der Waals surface area contributed by atoms with E-state index < -0.39 is 21.9 Å². The van der Waals surface area contributed by atoms with E-state index in [0.717, 1.165) is 55.4 Å². The fraction of sp³-hybridized carbons (Fsp3) is 0.478. The summed E-state index contributed by atoms with van der Waals surface area (Å²) in [6.07, 6.45) is 6.43. The number of carbonyl (C=O) groups excluding carboxylic acids is 2. The Balaban J connectivity index is 1.65. The molecule has 1 aromatic carbocycles. The first-order valence-corrected chi connectivity index (χ1v) is 13.2. The number of esters is 1. The predicted molar refractivity (Wildman–Crippen MR) is 124 cm³/mol. The van der Waals surface area contributed by atoms with Crippen LogP contribution < -0.4 is 5.32 Å². The van der Waals surface area contributed by atoms with Gasteiger partial charge in [0.2, 0.25) is 10.0 Å². The molecular weight excluding hydrogens is 448 g/mol. The number of anilines is 1. The Kier molecular flexibility index (Phi) is 6.69. The van der Waals surface area contributed by atoms with Crippen molar-refractivity contribution in [3.8, 4) is 0 Å². The number of sulfonamides is 1. The van der Waals surface area contributed by atoms with Crippen LogP contribution in [0.15, 0.2) is 23.1 Å². The third kappa shape index (κ3) is 4.33. The molecule has 0 spiro atoms. The SMILES string of the molecule is COC(=O)c1c(NC(=O)c2cc(S(=O)(=O)N3CCCCC3)ccc2C)sc2c1CCCC2.